The second-order valence-corrected chi connectivity index (χ2v) is 5.22. The van der Waals surface area contributed by atoms with Gasteiger partial charge < -0.3 is 4.74 Å². The number of pyridine rings is 1. The maximum atomic E-state index is 13.2. The summed E-state index contributed by atoms with van der Waals surface area (Å²) in [6, 6.07) is 5.17. The number of esters is 1. The van der Waals surface area contributed by atoms with E-state index in [4.69, 9.17) is 4.74 Å². The molecule has 2 aromatic rings. The van der Waals surface area contributed by atoms with E-state index >= 15 is 0 Å². The molecule has 0 saturated heterocycles. The highest BCUT2D eigenvalue weighted by atomic mass is 19.3. The van der Waals surface area contributed by atoms with E-state index in [1.165, 1.54) is 0 Å². The van der Waals surface area contributed by atoms with E-state index < -0.39 is 18.1 Å². The zero-order valence-electron chi connectivity index (χ0n) is 12.4. The number of hydrogen-bond donors (Lipinski definition) is 0. The van der Waals surface area contributed by atoms with Crippen molar-refractivity contribution in [2.75, 3.05) is 0 Å². The van der Waals surface area contributed by atoms with Crippen molar-refractivity contribution >= 4 is 5.97 Å². The highest BCUT2D eigenvalue weighted by Crippen LogP contribution is 2.24. The van der Waals surface area contributed by atoms with Crippen LogP contribution in [0.2, 0.25) is 0 Å². The fourth-order valence-corrected chi connectivity index (χ4v) is 1.97. The molecule has 2 heterocycles. The molecule has 118 valence electrons. The number of halogens is 2. The highest BCUT2D eigenvalue weighted by molar-refractivity contribution is 5.90. The number of carbonyl (C=O) groups excluding carboxylic acids is 1. The lowest BCUT2D eigenvalue weighted by Crippen LogP contribution is -2.13. The Labute approximate surface area is 126 Å². The quantitative estimate of drug-likeness (QED) is 0.769. The van der Waals surface area contributed by atoms with Crippen LogP contribution in [-0.4, -0.2) is 20.7 Å². The molecule has 2 aromatic heterocycles. The first kappa shape index (κ1) is 16.1. The summed E-state index contributed by atoms with van der Waals surface area (Å²) >= 11 is 0. The predicted octanol–water partition coefficient (Wildman–Crippen LogP) is 3.23. The van der Waals surface area contributed by atoms with Gasteiger partial charge in [-0.15, -0.1) is 0 Å². The SMILES string of the molecule is CC(C)Cn1ncc(C(=O)OCc2ccccn2)c1C(F)F. The summed E-state index contributed by atoms with van der Waals surface area (Å²) in [5.41, 5.74) is -0.0599. The van der Waals surface area contributed by atoms with Crippen LogP contribution < -0.4 is 0 Å². The van der Waals surface area contributed by atoms with E-state index in [0.717, 1.165) is 10.9 Å². The van der Waals surface area contributed by atoms with Gasteiger partial charge in [0.2, 0.25) is 0 Å². The Morgan fingerprint density at radius 3 is 2.73 bits per heavy atom. The number of alkyl halides is 2. The van der Waals surface area contributed by atoms with Gasteiger partial charge in [-0.1, -0.05) is 19.9 Å². The number of nitrogens with zero attached hydrogens (tertiary/aromatic N) is 3. The average molecular weight is 309 g/mol. The Kier molecular flexibility index (Phi) is 5.19. The zero-order valence-corrected chi connectivity index (χ0v) is 12.4. The molecule has 0 fully saturated rings. The molecule has 0 aliphatic rings. The first-order valence-electron chi connectivity index (χ1n) is 6.90. The molecular weight excluding hydrogens is 292 g/mol. The van der Waals surface area contributed by atoms with Crippen molar-refractivity contribution in [2.45, 2.75) is 33.4 Å². The van der Waals surface area contributed by atoms with Gasteiger partial charge in [-0.05, 0) is 18.1 Å². The molecule has 5 nitrogen and oxygen atoms in total. The van der Waals surface area contributed by atoms with Crippen molar-refractivity contribution in [3.63, 3.8) is 0 Å². The van der Waals surface area contributed by atoms with E-state index in [-0.39, 0.29) is 18.1 Å². The first-order valence-corrected chi connectivity index (χ1v) is 6.90. The van der Waals surface area contributed by atoms with Crippen LogP contribution in [0, 0.1) is 5.92 Å². The van der Waals surface area contributed by atoms with E-state index in [9.17, 15) is 13.6 Å². The van der Waals surface area contributed by atoms with Crippen LogP contribution in [0.5, 0.6) is 0 Å². The van der Waals surface area contributed by atoms with E-state index in [0.29, 0.717) is 12.2 Å². The lowest BCUT2D eigenvalue weighted by molar-refractivity contribution is 0.0455. The summed E-state index contributed by atoms with van der Waals surface area (Å²) in [5, 5.41) is 3.87. The van der Waals surface area contributed by atoms with Crippen LogP contribution in [0.3, 0.4) is 0 Å². The lowest BCUT2D eigenvalue weighted by Gasteiger charge is -2.10. The van der Waals surface area contributed by atoms with E-state index in [2.05, 4.69) is 10.1 Å². The summed E-state index contributed by atoms with van der Waals surface area (Å²) in [4.78, 5) is 16.0. The van der Waals surface area contributed by atoms with Gasteiger partial charge in [0.05, 0.1) is 11.9 Å². The van der Waals surface area contributed by atoms with Gasteiger partial charge in [0.15, 0.2) is 0 Å². The van der Waals surface area contributed by atoms with Crippen LogP contribution >= 0.6 is 0 Å². The van der Waals surface area contributed by atoms with Crippen LogP contribution in [0.15, 0.2) is 30.6 Å². The third kappa shape index (κ3) is 3.87. The molecule has 2 rings (SSSR count). The zero-order chi connectivity index (χ0) is 16.1. The van der Waals surface area contributed by atoms with Crippen molar-refractivity contribution in [1.29, 1.82) is 0 Å². The minimum Gasteiger partial charge on any atom is -0.455 e. The molecular formula is C15H17F2N3O2. The molecule has 0 aliphatic carbocycles. The molecule has 0 radical (unpaired) electrons. The summed E-state index contributed by atoms with van der Waals surface area (Å²) < 4.78 is 32.6. The Morgan fingerprint density at radius 1 is 1.36 bits per heavy atom. The average Bonchev–Trinajstić information content (AvgIpc) is 2.89. The van der Waals surface area contributed by atoms with Crippen LogP contribution in [0.1, 0.15) is 42.0 Å². The molecule has 0 atom stereocenters. The van der Waals surface area contributed by atoms with Crippen LogP contribution in [0.25, 0.3) is 0 Å². The Bertz CT molecular complexity index is 627. The highest BCUT2D eigenvalue weighted by Gasteiger charge is 2.25. The van der Waals surface area contributed by atoms with Gasteiger partial charge in [0, 0.05) is 12.7 Å². The summed E-state index contributed by atoms with van der Waals surface area (Å²) in [6.07, 6.45) is -0.0994. The fourth-order valence-electron chi connectivity index (χ4n) is 1.97. The molecule has 0 aliphatic heterocycles. The van der Waals surface area contributed by atoms with Gasteiger partial charge in [-0.25, -0.2) is 13.6 Å². The molecule has 22 heavy (non-hydrogen) atoms. The second-order valence-electron chi connectivity index (χ2n) is 5.22. The van der Waals surface area contributed by atoms with Crippen molar-refractivity contribution < 1.29 is 18.3 Å². The van der Waals surface area contributed by atoms with Gasteiger partial charge in [-0.2, -0.15) is 5.10 Å². The minimum atomic E-state index is -2.79. The van der Waals surface area contributed by atoms with Gasteiger partial charge >= 0.3 is 5.97 Å². The normalized spacial score (nSPS) is 11.2. The summed E-state index contributed by atoms with van der Waals surface area (Å²) in [5.74, 6) is -0.689. The van der Waals surface area contributed by atoms with E-state index in [1.54, 1.807) is 24.4 Å². The molecule has 0 N–H and O–H groups in total. The van der Waals surface area contributed by atoms with Crippen molar-refractivity contribution in [3.8, 4) is 0 Å². The maximum absolute atomic E-state index is 13.2. The second kappa shape index (κ2) is 7.11. The van der Waals surface area contributed by atoms with Crippen molar-refractivity contribution in [2.24, 2.45) is 5.92 Å². The number of aromatic nitrogens is 3. The number of rotatable bonds is 6. The maximum Gasteiger partial charge on any atom is 0.342 e. The van der Waals surface area contributed by atoms with Gasteiger partial charge in [0.1, 0.15) is 17.9 Å². The molecule has 0 spiro atoms. The molecule has 7 heteroatoms. The molecule has 0 saturated carbocycles. The number of hydrogen-bond acceptors (Lipinski definition) is 4. The summed E-state index contributed by atoms with van der Waals surface area (Å²) in [7, 11) is 0. The number of ether oxygens (including phenoxy) is 1. The third-order valence-electron chi connectivity index (χ3n) is 2.92. The Morgan fingerprint density at radius 2 is 2.14 bits per heavy atom. The van der Waals surface area contributed by atoms with Gasteiger partial charge in [0.25, 0.3) is 6.43 Å². The third-order valence-corrected chi connectivity index (χ3v) is 2.92. The monoisotopic (exact) mass is 309 g/mol. The predicted molar refractivity (Wildman–Crippen MR) is 75.4 cm³/mol. The van der Waals surface area contributed by atoms with Gasteiger partial charge in [-0.3, -0.25) is 9.67 Å². The summed E-state index contributed by atoms with van der Waals surface area (Å²) in [6.45, 7) is 4.01. The Hall–Kier alpha value is -2.31. The van der Waals surface area contributed by atoms with E-state index in [1.807, 2.05) is 13.8 Å². The largest absolute Gasteiger partial charge is 0.455 e. The molecule has 0 unspecified atom stereocenters. The minimum absolute atomic E-state index is 0.0717. The molecule has 0 amide bonds. The molecule has 0 bridgehead atoms. The van der Waals surface area contributed by atoms with Crippen molar-refractivity contribution in [3.05, 3.63) is 47.5 Å². The first-order chi connectivity index (χ1) is 10.5. The Balaban J connectivity index is 2.13. The topological polar surface area (TPSA) is 57.0 Å². The fraction of sp³-hybridized carbons (Fsp3) is 0.400. The van der Waals surface area contributed by atoms with Crippen molar-refractivity contribution in [1.82, 2.24) is 14.8 Å². The smallest absolute Gasteiger partial charge is 0.342 e. The lowest BCUT2D eigenvalue weighted by atomic mass is 10.2. The number of carbonyl (C=O) groups is 1. The van der Waals surface area contributed by atoms with Crippen LogP contribution in [-0.2, 0) is 17.9 Å². The van der Waals surface area contributed by atoms with Crippen LogP contribution in [0.4, 0.5) is 8.78 Å². The standard InChI is InChI=1S/C15H17F2N3O2/c1-10(2)8-20-13(14(16)17)12(7-19-20)15(21)22-9-11-5-3-4-6-18-11/h3-7,10,14H,8-9H2,1-2H3. The molecule has 0 aromatic carbocycles.